The minimum atomic E-state index is -0.326. The molecular formula is C7H12N4O. The summed E-state index contributed by atoms with van der Waals surface area (Å²) in [6.07, 6.45) is 1.33. The van der Waals surface area contributed by atoms with Crippen molar-refractivity contribution in [1.29, 1.82) is 0 Å². The molecule has 0 aliphatic carbocycles. The van der Waals surface area contributed by atoms with Gasteiger partial charge in [0.05, 0.1) is 12.0 Å². The lowest BCUT2D eigenvalue weighted by Gasteiger charge is -2.11. The number of nitrogens with zero attached hydrogens (tertiary/aromatic N) is 3. The van der Waals surface area contributed by atoms with Crippen LogP contribution in [0, 0.1) is 0 Å². The Bertz CT molecular complexity index is 272. The van der Waals surface area contributed by atoms with Crippen LogP contribution in [0.1, 0.15) is 11.7 Å². The minimum Gasteiger partial charge on any atom is -0.391 e. The van der Waals surface area contributed by atoms with Crippen LogP contribution in [0.4, 0.5) is 0 Å². The molecule has 0 unspecified atom stereocenters. The number of aliphatic hydroxyl groups excluding tert-OH is 1. The quantitative estimate of drug-likeness (QED) is 0.556. The van der Waals surface area contributed by atoms with E-state index in [1.165, 1.54) is 0 Å². The van der Waals surface area contributed by atoms with E-state index in [4.69, 9.17) is 0 Å². The van der Waals surface area contributed by atoms with Gasteiger partial charge < -0.3 is 15.0 Å². The van der Waals surface area contributed by atoms with Crippen molar-refractivity contribution < 1.29 is 5.11 Å². The maximum atomic E-state index is 9.54. The van der Waals surface area contributed by atoms with Gasteiger partial charge in [0.1, 0.15) is 12.2 Å². The normalized spacial score (nSPS) is 29.5. The van der Waals surface area contributed by atoms with Crippen LogP contribution in [-0.2, 0) is 7.05 Å². The van der Waals surface area contributed by atoms with E-state index in [0.717, 1.165) is 12.4 Å². The molecule has 2 rings (SSSR count). The fourth-order valence-corrected chi connectivity index (χ4v) is 1.56. The number of hydrogen-bond donors (Lipinski definition) is 2. The SMILES string of the molecule is Cn1cnnc1[C@@H]1CNC[C@H]1O. The molecule has 0 saturated carbocycles. The highest BCUT2D eigenvalue weighted by atomic mass is 16.3. The summed E-state index contributed by atoms with van der Waals surface area (Å²) in [6.45, 7) is 1.44. The van der Waals surface area contributed by atoms with Crippen LogP contribution in [-0.4, -0.2) is 39.1 Å². The molecule has 1 fully saturated rings. The smallest absolute Gasteiger partial charge is 0.139 e. The van der Waals surface area contributed by atoms with Gasteiger partial charge in [0.15, 0.2) is 0 Å². The van der Waals surface area contributed by atoms with E-state index in [0.29, 0.717) is 6.54 Å². The summed E-state index contributed by atoms with van der Waals surface area (Å²) in [6, 6.07) is 0. The van der Waals surface area contributed by atoms with Crippen LogP contribution in [0.15, 0.2) is 6.33 Å². The molecule has 5 heteroatoms. The molecule has 1 aliphatic rings. The number of nitrogens with one attached hydrogen (secondary N) is 1. The second-order valence-corrected chi connectivity index (χ2v) is 3.13. The number of aryl methyl sites for hydroxylation is 1. The fourth-order valence-electron chi connectivity index (χ4n) is 1.56. The molecule has 12 heavy (non-hydrogen) atoms. The second-order valence-electron chi connectivity index (χ2n) is 3.13. The number of aliphatic hydroxyl groups is 1. The molecule has 0 aromatic carbocycles. The van der Waals surface area contributed by atoms with Crippen LogP contribution >= 0.6 is 0 Å². The van der Waals surface area contributed by atoms with Crippen LogP contribution in [0.25, 0.3) is 0 Å². The van der Waals surface area contributed by atoms with Crippen LogP contribution in [0.2, 0.25) is 0 Å². The largest absolute Gasteiger partial charge is 0.391 e. The zero-order chi connectivity index (χ0) is 8.55. The topological polar surface area (TPSA) is 63.0 Å². The van der Waals surface area contributed by atoms with E-state index in [1.54, 1.807) is 6.33 Å². The maximum Gasteiger partial charge on any atom is 0.139 e. The molecule has 0 amide bonds. The Morgan fingerprint density at radius 2 is 2.50 bits per heavy atom. The van der Waals surface area contributed by atoms with Crippen LogP contribution in [0.5, 0.6) is 0 Å². The Morgan fingerprint density at radius 3 is 3.00 bits per heavy atom. The first-order valence-electron chi connectivity index (χ1n) is 4.01. The Morgan fingerprint density at radius 1 is 1.67 bits per heavy atom. The Labute approximate surface area is 70.4 Å². The average molecular weight is 168 g/mol. The van der Waals surface area contributed by atoms with Crippen molar-refractivity contribution in [1.82, 2.24) is 20.1 Å². The highest BCUT2D eigenvalue weighted by molar-refractivity contribution is 5.04. The lowest BCUT2D eigenvalue weighted by Crippen LogP contribution is -2.19. The first-order chi connectivity index (χ1) is 5.79. The van der Waals surface area contributed by atoms with E-state index in [-0.39, 0.29) is 12.0 Å². The summed E-state index contributed by atoms with van der Waals surface area (Å²) < 4.78 is 1.85. The third-order valence-electron chi connectivity index (χ3n) is 2.26. The number of β-amino-alcohol motifs (C(OH)–C–C–N with tert-alkyl or cyclic N) is 1. The maximum absolute atomic E-state index is 9.54. The molecule has 1 aliphatic heterocycles. The summed E-state index contributed by atoms with van der Waals surface area (Å²) in [5.41, 5.74) is 0. The van der Waals surface area contributed by atoms with Gasteiger partial charge in [0.25, 0.3) is 0 Å². The van der Waals surface area contributed by atoms with Crippen molar-refractivity contribution in [3.8, 4) is 0 Å². The first kappa shape index (κ1) is 7.70. The van der Waals surface area contributed by atoms with E-state index >= 15 is 0 Å². The predicted octanol–water partition coefficient (Wildman–Crippen LogP) is -1.14. The number of rotatable bonds is 1. The van der Waals surface area contributed by atoms with Gasteiger partial charge in [-0.25, -0.2) is 0 Å². The molecule has 66 valence electrons. The molecule has 2 atom stereocenters. The lowest BCUT2D eigenvalue weighted by molar-refractivity contribution is 0.173. The van der Waals surface area contributed by atoms with E-state index in [1.807, 2.05) is 11.6 Å². The van der Waals surface area contributed by atoms with Gasteiger partial charge >= 0.3 is 0 Å². The monoisotopic (exact) mass is 168 g/mol. The van der Waals surface area contributed by atoms with Gasteiger partial charge in [-0.1, -0.05) is 0 Å². The van der Waals surface area contributed by atoms with Crippen molar-refractivity contribution in [2.24, 2.45) is 7.05 Å². The molecular weight excluding hydrogens is 156 g/mol. The molecule has 0 radical (unpaired) electrons. The van der Waals surface area contributed by atoms with E-state index in [2.05, 4.69) is 15.5 Å². The van der Waals surface area contributed by atoms with Gasteiger partial charge in [-0.05, 0) is 0 Å². The number of aromatic nitrogens is 3. The van der Waals surface area contributed by atoms with Gasteiger partial charge in [-0.3, -0.25) is 0 Å². The zero-order valence-electron chi connectivity index (χ0n) is 6.94. The highest BCUT2D eigenvalue weighted by Crippen LogP contribution is 2.19. The molecule has 1 aromatic rings. The van der Waals surface area contributed by atoms with Crippen molar-refractivity contribution >= 4 is 0 Å². The van der Waals surface area contributed by atoms with Crippen LogP contribution < -0.4 is 5.32 Å². The Kier molecular flexibility index (Phi) is 1.82. The molecule has 2 heterocycles. The van der Waals surface area contributed by atoms with Gasteiger partial charge in [-0.2, -0.15) is 0 Å². The Balaban J connectivity index is 2.24. The van der Waals surface area contributed by atoms with Crippen molar-refractivity contribution in [3.05, 3.63) is 12.2 Å². The van der Waals surface area contributed by atoms with Gasteiger partial charge in [0, 0.05) is 20.1 Å². The highest BCUT2D eigenvalue weighted by Gasteiger charge is 2.29. The molecule has 0 bridgehead atoms. The third kappa shape index (κ3) is 1.11. The Hall–Kier alpha value is -0.940. The summed E-state index contributed by atoms with van der Waals surface area (Å²) >= 11 is 0. The van der Waals surface area contributed by atoms with Gasteiger partial charge in [-0.15, -0.1) is 10.2 Å². The summed E-state index contributed by atoms with van der Waals surface area (Å²) in [7, 11) is 1.89. The fraction of sp³-hybridized carbons (Fsp3) is 0.714. The molecule has 1 aromatic heterocycles. The standard InChI is InChI=1S/C7H12N4O/c1-11-4-9-10-7(11)5-2-8-3-6(5)12/h4-6,8,12H,2-3H2,1H3/t5-,6-/m1/s1. The predicted molar refractivity (Wildman–Crippen MR) is 42.6 cm³/mol. The zero-order valence-corrected chi connectivity index (χ0v) is 6.94. The third-order valence-corrected chi connectivity index (χ3v) is 2.26. The van der Waals surface area contributed by atoms with E-state index < -0.39 is 0 Å². The summed E-state index contributed by atoms with van der Waals surface area (Å²) in [5, 5.41) is 20.4. The lowest BCUT2D eigenvalue weighted by atomic mass is 10.1. The summed E-state index contributed by atoms with van der Waals surface area (Å²) in [4.78, 5) is 0. The first-order valence-corrected chi connectivity index (χ1v) is 4.01. The van der Waals surface area contributed by atoms with Gasteiger partial charge in [0.2, 0.25) is 0 Å². The van der Waals surface area contributed by atoms with Crippen molar-refractivity contribution in [2.75, 3.05) is 13.1 Å². The second kappa shape index (κ2) is 2.84. The molecule has 1 saturated heterocycles. The van der Waals surface area contributed by atoms with E-state index in [9.17, 15) is 5.11 Å². The van der Waals surface area contributed by atoms with Crippen molar-refractivity contribution in [3.63, 3.8) is 0 Å². The summed E-state index contributed by atoms with van der Waals surface area (Å²) in [5.74, 6) is 0.949. The minimum absolute atomic E-state index is 0.0949. The average Bonchev–Trinajstić information content (AvgIpc) is 2.59. The van der Waals surface area contributed by atoms with Crippen LogP contribution in [0.3, 0.4) is 0 Å². The molecule has 0 spiro atoms. The molecule has 5 nitrogen and oxygen atoms in total. The number of hydrogen-bond acceptors (Lipinski definition) is 4. The van der Waals surface area contributed by atoms with Crippen molar-refractivity contribution in [2.45, 2.75) is 12.0 Å². The molecule has 2 N–H and O–H groups in total.